The van der Waals surface area contributed by atoms with E-state index in [0.29, 0.717) is 6.42 Å². The maximum absolute atomic E-state index is 12.3. The van der Waals surface area contributed by atoms with Crippen LogP contribution in [0.5, 0.6) is 5.75 Å². The third kappa shape index (κ3) is 4.02. The van der Waals surface area contributed by atoms with Gasteiger partial charge in [0, 0.05) is 25.2 Å². The van der Waals surface area contributed by atoms with Gasteiger partial charge in [0.05, 0.1) is 13.2 Å². The van der Waals surface area contributed by atoms with Crippen LogP contribution in [0.3, 0.4) is 0 Å². The van der Waals surface area contributed by atoms with E-state index in [9.17, 15) is 4.79 Å². The first-order valence-corrected chi connectivity index (χ1v) is 8.54. The van der Waals surface area contributed by atoms with Crippen LogP contribution in [0.25, 0.3) is 10.9 Å². The number of amides is 1. The first-order valence-electron chi connectivity index (χ1n) is 8.54. The molecule has 0 saturated carbocycles. The quantitative estimate of drug-likeness (QED) is 0.739. The van der Waals surface area contributed by atoms with Crippen molar-refractivity contribution in [2.24, 2.45) is 7.05 Å². The molecule has 25 heavy (non-hydrogen) atoms. The number of nitrogens with zero attached hydrogens (tertiary/aromatic N) is 1. The summed E-state index contributed by atoms with van der Waals surface area (Å²) in [6.45, 7) is 2.00. The SMILES string of the molecule is COc1ccc(C(C)NC(=O)CCc2ccc3c(ccn3C)c2)cc1. The summed E-state index contributed by atoms with van der Waals surface area (Å²) in [5.41, 5.74) is 3.46. The Hall–Kier alpha value is -2.75. The highest BCUT2D eigenvalue weighted by atomic mass is 16.5. The molecule has 0 aliphatic rings. The van der Waals surface area contributed by atoms with Crippen LogP contribution in [0.4, 0.5) is 0 Å². The van der Waals surface area contributed by atoms with E-state index < -0.39 is 0 Å². The summed E-state index contributed by atoms with van der Waals surface area (Å²) in [5.74, 6) is 0.884. The number of carbonyl (C=O) groups excluding carboxylic acids is 1. The van der Waals surface area contributed by atoms with Crippen LogP contribution in [0, 0.1) is 0 Å². The maximum atomic E-state index is 12.3. The van der Waals surface area contributed by atoms with E-state index in [4.69, 9.17) is 4.74 Å². The number of nitrogens with one attached hydrogen (secondary N) is 1. The predicted octanol–water partition coefficient (Wildman–Crippen LogP) is 4.00. The van der Waals surface area contributed by atoms with Crippen LogP contribution >= 0.6 is 0 Å². The van der Waals surface area contributed by atoms with Gasteiger partial charge in [-0.3, -0.25) is 4.79 Å². The van der Waals surface area contributed by atoms with Crippen molar-refractivity contribution in [1.82, 2.24) is 9.88 Å². The molecule has 1 aromatic heterocycles. The summed E-state index contributed by atoms with van der Waals surface area (Å²) in [7, 11) is 3.68. The van der Waals surface area contributed by atoms with E-state index in [2.05, 4.69) is 40.3 Å². The largest absolute Gasteiger partial charge is 0.497 e. The van der Waals surface area contributed by atoms with Gasteiger partial charge in [0.15, 0.2) is 0 Å². The zero-order chi connectivity index (χ0) is 17.8. The lowest BCUT2D eigenvalue weighted by atomic mass is 10.1. The summed E-state index contributed by atoms with van der Waals surface area (Å²) in [6, 6.07) is 16.2. The number of carbonyl (C=O) groups is 1. The topological polar surface area (TPSA) is 43.3 Å². The molecule has 0 aliphatic carbocycles. The number of ether oxygens (including phenoxy) is 1. The number of hydrogen-bond acceptors (Lipinski definition) is 2. The van der Waals surface area contributed by atoms with Crippen molar-refractivity contribution in [3.63, 3.8) is 0 Å². The molecule has 2 aromatic carbocycles. The number of methoxy groups -OCH3 is 1. The van der Waals surface area contributed by atoms with Crippen LogP contribution in [0.1, 0.15) is 30.5 Å². The number of fused-ring (bicyclic) bond motifs is 1. The molecule has 0 bridgehead atoms. The van der Waals surface area contributed by atoms with Crippen molar-refractivity contribution in [2.75, 3.05) is 7.11 Å². The van der Waals surface area contributed by atoms with E-state index in [1.165, 1.54) is 16.5 Å². The molecule has 1 atom stereocenters. The molecule has 3 rings (SSSR count). The summed E-state index contributed by atoms with van der Waals surface area (Å²) >= 11 is 0. The molecule has 130 valence electrons. The molecule has 0 radical (unpaired) electrons. The highest BCUT2D eigenvalue weighted by Gasteiger charge is 2.10. The summed E-state index contributed by atoms with van der Waals surface area (Å²) < 4.78 is 7.26. The molecule has 4 heteroatoms. The van der Waals surface area contributed by atoms with Gasteiger partial charge in [0.2, 0.25) is 5.91 Å². The molecular formula is C21H24N2O2. The van der Waals surface area contributed by atoms with Crippen molar-refractivity contribution < 1.29 is 9.53 Å². The second-order valence-corrected chi connectivity index (χ2v) is 6.38. The molecular weight excluding hydrogens is 312 g/mol. The lowest BCUT2D eigenvalue weighted by Gasteiger charge is -2.15. The fraction of sp³-hybridized carbons (Fsp3) is 0.286. The molecule has 1 N–H and O–H groups in total. The van der Waals surface area contributed by atoms with Crippen molar-refractivity contribution in [2.45, 2.75) is 25.8 Å². The Morgan fingerprint density at radius 2 is 1.92 bits per heavy atom. The molecule has 0 fully saturated rings. The Bertz CT molecular complexity index is 865. The Labute approximate surface area is 148 Å². The third-order valence-electron chi connectivity index (χ3n) is 4.58. The van der Waals surface area contributed by atoms with E-state index in [1.54, 1.807) is 7.11 Å². The zero-order valence-corrected chi connectivity index (χ0v) is 15.0. The lowest BCUT2D eigenvalue weighted by Crippen LogP contribution is -2.26. The number of hydrogen-bond donors (Lipinski definition) is 1. The van der Waals surface area contributed by atoms with Crippen LogP contribution in [-0.2, 0) is 18.3 Å². The fourth-order valence-electron chi connectivity index (χ4n) is 3.03. The van der Waals surface area contributed by atoms with Gasteiger partial charge in [-0.1, -0.05) is 18.2 Å². The van der Waals surface area contributed by atoms with Gasteiger partial charge >= 0.3 is 0 Å². The molecule has 3 aromatic rings. The van der Waals surface area contributed by atoms with Crippen LogP contribution < -0.4 is 10.1 Å². The molecule has 1 amide bonds. The maximum Gasteiger partial charge on any atom is 0.220 e. The van der Waals surface area contributed by atoms with Gasteiger partial charge in [-0.25, -0.2) is 0 Å². The summed E-state index contributed by atoms with van der Waals surface area (Å²) in [5, 5.41) is 4.28. The molecule has 0 aliphatic heterocycles. The Morgan fingerprint density at radius 3 is 2.64 bits per heavy atom. The van der Waals surface area contributed by atoms with Crippen LogP contribution in [-0.4, -0.2) is 17.6 Å². The molecule has 0 saturated heterocycles. The highest BCUT2D eigenvalue weighted by Crippen LogP contribution is 2.19. The van der Waals surface area contributed by atoms with Crippen molar-refractivity contribution in [1.29, 1.82) is 0 Å². The average Bonchev–Trinajstić information content (AvgIpc) is 3.00. The van der Waals surface area contributed by atoms with E-state index in [0.717, 1.165) is 17.7 Å². The Morgan fingerprint density at radius 1 is 1.16 bits per heavy atom. The van der Waals surface area contributed by atoms with E-state index in [1.807, 2.05) is 38.2 Å². The first kappa shape index (κ1) is 17.1. The van der Waals surface area contributed by atoms with E-state index in [-0.39, 0.29) is 11.9 Å². The third-order valence-corrected chi connectivity index (χ3v) is 4.58. The van der Waals surface area contributed by atoms with Gasteiger partial charge in [-0.15, -0.1) is 0 Å². The minimum atomic E-state index is -0.0185. The van der Waals surface area contributed by atoms with Crippen LogP contribution in [0.15, 0.2) is 54.7 Å². The van der Waals surface area contributed by atoms with Gasteiger partial charge in [0.1, 0.15) is 5.75 Å². The normalized spacial score (nSPS) is 12.1. The lowest BCUT2D eigenvalue weighted by molar-refractivity contribution is -0.121. The van der Waals surface area contributed by atoms with Crippen molar-refractivity contribution in [3.8, 4) is 5.75 Å². The Balaban J connectivity index is 1.55. The van der Waals surface area contributed by atoms with Crippen molar-refractivity contribution in [3.05, 3.63) is 65.9 Å². The number of aryl methyl sites for hydroxylation is 2. The van der Waals surface area contributed by atoms with Gasteiger partial charge in [-0.2, -0.15) is 0 Å². The van der Waals surface area contributed by atoms with Gasteiger partial charge < -0.3 is 14.6 Å². The minimum Gasteiger partial charge on any atom is -0.497 e. The summed E-state index contributed by atoms with van der Waals surface area (Å²) in [4.78, 5) is 12.3. The highest BCUT2D eigenvalue weighted by molar-refractivity contribution is 5.81. The molecule has 4 nitrogen and oxygen atoms in total. The Kier molecular flexibility index (Phi) is 5.08. The average molecular weight is 336 g/mol. The number of aromatic nitrogens is 1. The molecule has 0 spiro atoms. The second-order valence-electron chi connectivity index (χ2n) is 6.38. The predicted molar refractivity (Wildman–Crippen MR) is 101 cm³/mol. The molecule has 1 heterocycles. The van der Waals surface area contributed by atoms with E-state index >= 15 is 0 Å². The zero-order valence-electron chi connectivity index (χ0n) is 15.0. The molecule has 1 unspecified atom stereocenters. The van der Waals surface area contributed by atoms with Gasteiger partial charge in [0.25, 0.3) is 0 Å². The standard InChI is InChI=1S/C21H24N2O2/c1-15(17-6-8-19(25-3)9-7-17)22-21(24)11-5-16-4-10-20-18(14-16)12-13-23(20)2/h4,6-10,12-15H,5,11H2,1-3H3,(H,22,24). The number of rotatable bonds is 6. The summed E-state index contributed by atoms with van der Waals surface area (Å²) in [6.07, 6.45) is 3.28. The van der Waals surface area contributed by atoms with Crippen LogP contribution in [0.2, 0.25) is 0 Å². The first-order chi connectivity index (χ1) is 12.1. The second kappa shape index (κ2) is 7.43. The van der Waals surface area contributed by atoms with Crippen molar-refractivity contribution >= 4 is 16.8 Å². The number of benzene rings is 2. The van der Waals surface area contributed by atoms with Gasteiger partial charge in [-0.05, 0) is 60.2 Å². The fourth-order valence-corrected chi connectivity index (χ4v) is 3.03. The smallest absolute Gasteiger partial charge is 0.220 e. The monoisotopic (exact) mass is 336 g/mol. The minimum absolute atomic E-state index is 0.0185.